The lowest BCUT2D eigenvalue weighted by atomic mass is 10.2. The van der Waals surface area contributed by atoms with Crippen molar-refractivity contribution in [2.45, 2.75) is 45.5 Å². The van der Waals surface area contributed by atoms with Gasteiger partial charge >= 0.3 is 12.2 Å². The predicted molar refractivity (Wildman–Crippen MR) is 81.6 cm³/mol. The number of aromatic nitrogens is 1. The van der Waals surface area contributed by atoms with Gasteiger partial charge in [0.1, 0.15) is 11.7 Å². The lowest BCUT2D eigenvalue weighted by Crippen LogP contribution is -2.48. The molecule has 0 aliphatic rings. The molecule has 4 N–H and O–H groups in total. The molecule has 1 aromatic heterocycles. The van der Waals surface area contributed by atoms with Gasteiger partial charge in [-0.3, -0.25) is 9.59 Å². The van der Waals surface area contributed by atoms with Crippen molar-refractivity contribution < 1.29 is 22.8 Å². The van der Waals surface area contributed by atoms with Crippen LogP contribution in [-0.2, 0) is 11.0 Å². The molecule has 0 aliphatic carbocycles. The van der Waals surface area contributed by atoms with Gasteiger partial charge in [0.2, 0.25) is 5.91 Å². The maximum Gasteiger partial charge on any atom is 0.417 e. The van der Waals surface area contributed by atoms with Crippen LogP contribution in [-0.4, -0.2) is 29.0 Å². The molecule has 10 heteroatoms. The standard InChI is InChI=1S/C14H19F3N4O3/c1-4-7(2)19-11(22)8(3)20-13(24)21-10-5-9(14(15,16)17)6-18-12(10)23/h5-8H,4H2,1-3H3,(H,18,23)(H,19,22)(H2,20,21,24). The average molecular weight is 348 g/mol. The summed E-state index contributed by atoms with van der Waals surface area (Å²) in [5.74, 6) is -0.447. The maximum absolute atomic E-state index is 12.6. The molecule has 1 aromatic rings. The van der Waals surface area contributed by atoms with Crippen LogP contribution in [0.25, 0.3) is 0 Å². The molecule has 0 saturated heterocycles. The highest BCUT2D eigenvalue weighted by Crippen LogP contribution is 2.29. The molecule has 0 bridgehead atoms. The minimum Gasteiger partial charge on any atom is -0.352 e. The second-order valence-corrected chi connectivity index (χ2v) is 5.27. The van der Waals surface area contributed by atoms with Gasteiger partial charge in [-0.25, -0.2) is 4.79 Å². The number of anilines is 1. The first-order valence-electron chi connectivity index (χ1n) is 7.22. The van der Waals surface area contributed by atoms with Crippen LogP contribution >= 0.6 is 0 Å². The fourth-order valence-corrected chi connectivity index (χ4v) is 1.63. The zero-order chi connectivity index (χ0) is 18.5. The first-order chi connectivity index (χ1) is 11.0. The summed E-state index contributed by atoms with van der Waals surface area (Å²) in [5, 5.41) is 6.89. The third kappa shape index (κ3) is 5.60. The number of amides is 3. The lowest BCUT2D eigenvalue weighted by Gasteiger charge is -2.17. The van der Waals surface area contributed by atoms with Gasteiger partial charge in [-0.15, -0.1) is 0 Å². The number of H-pyrrole nitrogens is 1. The molecule has 0 aromatic carbocycles. The number of carbonyl (C=O) groups is 2. The second-order valence-electron chi connectivity index (χ2n) is 5.27. The van der Waals surface area contributed by atoms with Crippen molar-refractivity contribution in [3.63, 3.8) is 0 Å². The molecule has 7 nitrogen and oxygen atoms in total. The van der Waals surface area contributed by atoms with Crippen molar-refractivity contribution in [1.29, 1.82) is 0 Å². The number of pyridine rings is 1. The van der Waals surface area contributed by atoms with E-state index in [-0.39, 0.29) is 6.04 Å². The number of halogens is 3. The fourth-order valence-electron chi connectivity index (χ4n) is 1.63. The molecule has 0 saturated carbocycles. The van der Waals surface area contributed by atoms with E-state index >= 15 is 0 Å². The van der Waals surface area contributed by atoms with Crippen LogP contribution in [0, 0.1) is 0 Å². The molecule has 134 valence electrons. The Morgan fingerprint density at radius 1 is 1.25 bits per heavy atom. The van der Waals surface area contributed by atoms with E-state index in [9.17, 15) is 27.6 Å². The van der Waals surface area contributed by atoms with Crippen molar-refractivity contribution in [1.82, 2.24) is 15.6 Å². The van der Waals surface area contributed by atoms with E-state index in [0.717, 1.165) is 0 Å². The Labute approximate surface area is 136 Å². The number of alkyl halides is 3. The summed E-state index contributed by atoms with van der Waals surface area (Å²) in [6, 6.07) is -1.46. The quantitative estimate of drug-likeness (QED) is 0.652. The predicted octanol–water partition coefficient (Wildman–Crippen LogP) is 1.82. The largest absolute Gasteiger partial charge is 0.417 e. The van der Waals surface area contributed by atoms with Gasteiger partial charge in [0, 0.05) is 12.2 Å². The van der Waals surface area contributed by atoms with Gasteiger partial charge in [0.15, 0.2) is 0 Å². The number of carbonyl (C=O) groups excluding carboxylic acids is 2. The molecule has 0 aliphatic heterocycles. The van der Waals surface area contributed by atoms with Crippen LogP contribution in [0.2, 0.25) is 0 Å². The van der Waals surface area contributed by atoms with Gasteiger partial charge in [-0.1, -0.05) is 6.92 Å². The highest BCUT2D eigenvalue weighted by Gasteiger charge is 2.31. The molecule has 1 heterocycles. The smallest absolute Gasteiger partial charge is 0.352 e. The van der Waals surface area contributed by atoms with E-state index in [1.165, 1.54) is 6.92 Å². The van der Waals surface area contributed by atoms with Gasteiger partial charge < -0.3 is 20.9 Å². The van der Waals surface area contributed by atoms with Crippen LogP contribution in [0.5, 0.6) is 0 Å². The summed E-state index contributed by atoms with van der Waals surface area (Å²) in [6.45, 7) is 5.07. The SMILES string of the molecule is CCC(C)NC(=O)C(C)NC(=O)Nc1cc(C(F)(F)F)c[nH]c1=O. The molecule has 2 atom stereocenters. The van der Waals surface area contributed by atoms with E-state index in [4.69, 9.17) is 0 Å². The highest BCUT2D eigenvalue weighted by atomic mass is 19.4. The molecule has 0 spiro atoms. The third-order valence-electron chi connectivity index (χ3n) is 3.22. The van der Waals surface area contributed by atoms with Crippen LogP contribution < -0.4 is 21.5 Å². The lowest BCUT2D eigenvalue weighted by molar-refractivity contribution is -0.137. The summed E-state index contributed by atoms with van der Waals surface area (Å²) < 4.78 is 37.8. The van der Waals surface area contributed by atoms with Gasteiger partial charge in [0.25, 0.3) is 5.56 Å². The Kier molecular flexibility index (Phi) is 6.38. The van der Waals surface area contributed by atoms with Gasteiger partial charge in [-0.05, 0) is 26.3 Å². The molecule has 3 amide bonds. The second kappa shape index (κ2) is 7.84. The topological polar surface area (TPSA) is 103 Å². The molecule has 0 radical (unpaired) electrons. The molecule has 24 heavy (non-hydrogen) atoms. The summed E-state index contributed by atoms with van der Waals surface area (Å²) in [4.78, 5) is 36.9. The molecular weight excluding hydrogens is 329 g/mol. The van der Waals surface area contributed by atoms with E-state index in [2.05, 4.69) is 10.6 Å². The summed E-state index contributed by atoms with van der Waals surface area (Å²) in [6.07, 6.45) is -3.46. The van der Waals surface area contributed by atoms with Gasteiger partial charge in [0.05, 0.1) is 5.56 Å². The number of hydrogen-bond acceptors (Lipinski definition) is 3. The van der Waals surface area contributed by atoms with Crippen molar-refractivity contribution in [3.05, 3.63) is 28.2 Å². The molecule has 1 rings (SSSR count). The zero-order valence-electron chi connectivity index (χ0n) is 13.4. The maximum atomic E-state index is 12.6. The van der Waals surface area contributed by atoms with Crippen LogP contribution in [0.1, 0.15) is 32.8 Å². The third-order valence-corrected chi connectivity index (χ3v) is 3.22. The molecule has 0 fully saturated rings. The highest BCUT2D eigenvalue weighted by molar-refractivity contribution is 5.93. The van der Waals surface area contributed by atoms with Crippen molar-refractivity contribution >= 4 is 17.6 Å². The first-order valence-corrected chi connectivity index (χ1v) is 7.22. The summed E-state index contributed by atoms with van der Waals surface area (Å²) in [5.41, 5.74) is -2.58. The van der Waals surface area contributed by atoms with Crippen LogP contribution in [0.3, 0.4) is 0 Å². The first kappa shape index (κ1) is 19.5. The average Bonchev–Trinajstić information content (AvgIpc) is 2.47. The van der Waals surface area contributed by atoms with Crippen molar-refractivity contribution in [2.24, 2.45) is 0 Å². The van der Waals surface area contributed by atoms with E-state index < -0.39 is 41.0 Å². The number of nitrogens with one attached hydrogen (secondary N) is 4. The van der Waals surface area contributed by atoms with E-state index in [0.29, 0.717) is 18.7 Å². The summed E-state index contributed by atoms with van der Waals surface area (Å²) in [7, 11) is 0. The fraction of sp³-hybridized carbons (Fsp3) is 0.500. The minimum absolute atomic E-state index is 0.0869. The Morgan fingerprint density at radius 2 is 1.88 bits per heavy atom. The Bertz CT molecular complexity index is 657. The normalized spacial score (nSPS) is 13.8. The van der Waals surface area contributed by atoms with Crippen LogP contribution in [0.15, 0.2) is 17.1 Å². The molecular formula is C14H19F3N4O3. The number of hydrogen-bond donors (Lipinski definition) is 4. The molecule has 2 unspecified atom stereocenters. The number of urea groups is 1. The Hall–Kier alpha value is -2.52. The monoisotopic (exact) mass is 348 g/mol. The van der Waals surface area contributed by atoms with E-state index in [1.807, 2.05) is 17.2 Å². The zero-order valence-corrected chi connectivity index (χ0v) is 13.4. The Balaban J connectivity index is 2.75. The number of aromatic amines is 1. The summed E-state index contributed by atoms with van der Waals surface area (Å²) >= 11 is 0. The number of rotatable bonds is 5. The van der Waals surface area contributed by atoms with Crippen molar-refractivity contribution in [2.75, 3.05) is 5.32 Å². The Morgan fingerprint density at radius 3 is 2.42 bits per heavy atom. The minimum atomic E-state index is -4.67. The van der Waals surface area contributed by atoms with E-state index in [1.54, 1.807) is 6.92 Å². The van der Waals surface area contributed by atoms with Gasteiger partial charge in [-0.2, -0.15) is 13.2 Å². The van der Waals surface area contributed by atoms with Crippen LogP contribution in [0.4, 0.5) is 23.7 Å². The van der Waals surface area contributed by atoms with Crippen molar-refractivity contribution in [3.8, 4) is 0 Å².